The lowest BCUT2D eigenvalue weighted by Gasteiger charge is -2.63. The van der Waals surface area contributed by atoms with Crippen molar-refractivity contribution in [2.24, 2.45) is 16.2 Å². The van der Waals surface area contributed by atoms with Crippen LogP contribution in [0.25, 0.3) is 11.1 Å². The minimum atomic E-state index is -0.962. The number of hydrogen-bond donors (Lipinski definition) is 4. The zero-order valence-electron chi connectivity index (χ0n) is 38.9. The molecule has 4 N–H and O–H groups in total. The molecule has 13 nitrogen and oxygen atoms in total. The quantitative estimate of drug-likeness (QED) is 0.0737. The summed E-state index contributed by atoms with van der Waals surface area (Å²) in [7, 11) is 0. The van der Waals surface area contributed by atoms with Crippen LogP contribution in [0, 0.1) is 27.6 Å². The summed E-state index contributed by atoms with van der Waals surface area (Å²) in [4.78, 5) is 55.2. The Labute approximate surface area is 393 Å². The van der Waals surface area contributed by atoms with Crippen LogP contribution < -0.4 is 25.4 Å². The second-order valence-corrected chi connectivity index (χ2v) is 19.9. The number of aliphatic hydroxyl groups is 1. The Bertz CT molecular complexity index is 2360. The number of benzene rings is 4. The van der Waals surface area contributed by atoms with Gasteiger partial charge >= 0.3 is 0 Å². The van der Waals surface area contributed by atoms with E-state index >= 15 is 0 Å². The molecule has 0 radical (unpaired) electrons. The minimum absolute atomic E-state index is 0.0162. The Hall–Kier alpha value is -5.94. The highest BCUT2D eigenvalue weighted by atomic mass is 35.5. The number of nitrogens with zero attached hydrogens (tertiary/aromatic N) is 2. The van der Waals surface area contributed by atoms with Gasteiger partial charge in [-0.15, -0.1) is 0 Å². The SMILES string of the molecule is CC(C)(C)[C@H](NC(=O)COCCCCOc1ccc(C(=O)N[C@H]2C(C)(C)[C@H](Oc3ccc(C#N)c(Cl)c3)C2(C)C)cc1)C(=O)N1C[C@H](O)CC1C(=O)NCc1ccc(-c2ccccc2)cc1. The molecular formula is C52H62ClN5O8. The number of likely N-dealkylation sites (tertiary alicyclic amines) is 1. The first-order valence-corrected chi connectivity index (χ1v) is 22.8. The van der Waals surface area contributed by atoms with Gasteiger partial charge in [0, 0.05) is 54.6 Å². The van der Waals surface area contributed by atoms with Crippen molar-refractivity contribution in [1.29, 1.82) is 5.26 Å². The van der Waals surface area contributed by atoms with E-state index < -0.39 is 46.2 Å². The lowest BCUT2D eigenvalue weighted by atomic mass is 9.49. The average Bonchev–Trinajstić information content (AvgIpc) is 3.69. The lowest BCUT2D eigenvalue weighted by Crippen LogP contribution is -2.74. The molecule has 1 aliphatic carbocycles. The van der Waals surface area contributed by atoms with Gasteiger partial charge < -0.3 is 40.2 Å². The highest BCUT2D eigenvalue weighted by Gasteiger charge is 2.64. The molecule has 0 bridgehead atoms. The van der Waals surface area contributed by atoms with Crippen LogP contribution in [-0.4, -0.2) is 90.3 Å². The summed E-state index contributed by atoms with van der Waals surface area (Å²) in [6.45, 7) is 14.4. The Kier molecular flexibility index (Phi) is 15.8. The summed E-state index contributed by atoms with van der Waals surface area (Å²) in [5, 5.41) is 29.0. The second kappa shape index (κ2) is 21.1. The van der Waals surface area contributed by atoms with Crippen LogP contribution in [0.5, 0.6) is 11.5 Å². The molecule has 4 aromatic rings. The first kappa shape index (κ1) is 49.5. The number of amides is 4. The van der Waals surface area contributed by atoms with Gasteiger partial charge in [0.05, 0.1) is 23.3 Å². The van der Waals surface area contributed by atoms with E-state index in [0.717, 1.165) is 16.7 Å². The second-order valence-electron chi connectivity index (χ2n) is 19.5. The van der Waals surface area contributed by atoms with Crippen LogP contribution in [0.15, 0.2) is 97.1 Å². The molecule has 0 aromatic heterocycles. The Morgan fingerprint density at radius 2 is 1.52 bits per heavy atom. The number of β-amino-alcohol motifs (C(OH)–C–C–N with tert-alkyl or cyclic N) is 1. The van der Waals surface area contributed by atoms with E-state index in [1.807, 2.05) is 75.4 Å². The maximum Gasteiger partial charge on any atom is 0.251 e. The number of rotatable bonds is 18. The van der Waals surface area contributed by atoms with Gasteiger partial charge in [0.1, 0.15) is 42.4 Å². The van der Waals surface area contributed by atoms with Gasteiger partial charge in [-0.3, -0.25) is 19.2 Å². The normalized spacial score (nSPS) is 20.0. The van der Waals surface area contributed by atoms with E-state index in [9.17, 15) is 29.5 Å². The van der Waals surface area contributed by atoms with Crippen molar-refractivity contribution >= 4 is 35.2 Å². The minimum Gasteiger partial charge on any atom is -0.494 e. The third-order valence-electron chi connectivity index (χ3n) is 12.5. The molecule has 0 spiro atoms. The molecule has 6 rings (SSSR count). The highest BCUT2D eigenvalue weighted by molar-refractivity contribution is 6.31. The van der Waals surface area contributed by atoms with Crippen molar-refractivity contribution in [3.8, 4) is 28.7 Å². The van der Waals surface area contributed by atoms with E-state index in [1.54, 1.807) is 42.5 Å². The zero-order chi connectivity index (χ0) is 47.8. The van der Waals surface area contributed by atoms with E-state index in [2.05, 4.69) is 49.7 Å². The van der Waals surface area contributed by atoms with Gasteiger partial charge in [-0.25, -0.2) is 0 Å². The van der Waals surface area contributed by atoms with Gasteiger partial charge in [-0.2, -0.15) is 5.26 Å². The Morgan fingerprint density at radius 3 is 2.15 bits per heavy atom. The van der Waals surface area contributed by atoms with Crippen molar-refractivity contribution in [1.82, 2.24) is 20.9 Å². The fraction of sp³-hybridized carbons (Fsp3) is 0.442. The first-order chi connectivity index (χ1) is 31.3. The number of unbranched alkanes of at least 4 members (excludes halogenated alkanes) is 1. The van der Waals surface area contributed by atoms with Gasteiger partial charge in [-0.1, -0.05) is 115 Å². The standard InChI is InChI=1S/C52H62ClN5O8/c1-50(2,3)44(47(63)58-31-38(59)27-42(58)46(62)55-30-33-15-17-35(18-16-33)34-13-9-8-10-14-34)56-43(60)32-64-25-11-12-26-65-39-22-19-36(20-23-39)45(61)57-48-51(4,5)49(52(48,6)7)66-40-24-21-37(29-54)41(53)28-40/h8-10,13-24,28,38,42,44,48-49,59H,11-12,25-27,30-32H2,1-7H3,(H,55,62)(H,56,60)(H,57,61)/t38-,42?,44-,48-,49-/m1/s1. The number of ether oxygens (including phenoxy) is 3. The fourth-order valence-corrected chi connectivity index (χ4v) is 9.46. The molecule has 14 heteroatoms. The Morgan fingerprint density at radius 1 is 0.879 bits per heavy atom. The molecule has 1 unspecified atom stereocenters. The number of carbonyl (C=O) groups is 4. The average molecular weight is 921 g/mol. The number of halogens is 1. The molecule has 3 atom stereocenters. The summed E-state index contributed by atoms with van der Waals surface area (Å²) in [6.07, 6.45) is 0.271. The predicted molar refractivity (Wildman–Crippen MR) is 253 cm³/mol. The van der Waals surface area contributed by atoms with Gasteiger partial charge in [0.25, 0.3) is 5.91 Å². The van der Waals surface area contributed by atoms with E-state index in [4.69, 9.17) is 25.8 Å². The molecule has 350 valence electrons. The predicted octanol–water partition coefficient (Wildman–Crippen LogP) is 7.48. The van der Waals surface area contributed by atoms with Crippen LogP contribution in [-0.2, 0) is 25.7 Å². The van der Waals surface area contributed by atoms with Crippen molar-refractivity contribution in [3.63, 3.8) is 0 Å². The number of nitrogens with one attached hydrogen (secondary N) is 3. The van der Waals surface area contributed by atoms with Crippen molar-refractivity contribution in [2.45, 2.75) is 105 Å². The Balaban J connectivity index is 0.895. The third-order valence-corrected chi connectivity index (χ3v) is 12.9. The fourth-order valence-electron chi connectivity index (χ4n) is 9.25. The largest absolute Gasteiger partial charge is 0.494 e. The summed E-state index contributed by atoms with van der Waals surface area (Å²) >= 11 is 6.23. The maximum absolute atomic E-state index is 14.0. The topological polar surface area (TPSA) is 179 Å². The first-order valence-electron chi connectivity index (χ1n) is 22.5. The van der Waals surface area contributed by atoms with Crippen molar-refractivity contribution < 1.29 is 38.5 Å². The molecule has 1 aliphatic heterocycles. The van der Waals surface area contributed by atoms with E-state index in [1.165, 1.54) is 4.90 Å². The molecule has 4 aromatic carbocycles. The third kappa shape index (κ3) is 11.9. The van der Waals surface area contributed by atoms with Crippen LogP contribution in [0.2, 0.25) is 5.02 Å². The van der Waals surface area contributed by atoms with Crippen LogP contribution in [0.4, 0.5) is 0 Å². The number of carbonyl (C=O) groups excluding carboxylic acids is 4. The number of nitriles is 1. The summed E-state index contributed by atoms with van der Waals surface area (Å²) < 4.78 is 17.9. The van der Waals surface area contributed by atoms with Crippen molar-refractivity contribution in [2.75, 3.05) is 26.4 Å². The van der Waals surface area contributed by atoms with Crippen molar-refractivity contribution in [3.05, 3.63) is 119 Å². The van der Waals surface area contributed by atoms with Gasteiger partial charge in [0.2, 0.25) is 17.7 Å². The molecule has 1 heterocycles. The molecule has 2 fully saturated rings. The summed E-state index contributed by atoms with van der Waals surface area (Å²) in [5.41, 5.74) is 2.44. The maximum atomic E-state index is 14.0. The van der Waals surface area contributed by atoms with Crippen LogP contribution >= 0.6 is 11.6 Å². The molecule has 2 aliphatic rings. The highest BCUT2D eigenvalue weighted by Crippen LogP contribution is 2.55. The van der Waals surface area contributed by atoms with E-state index in [0.29, 0.717) is 53.7 Å². The van der Waals surface area contributed by atoms with Gasteiger partial charge in [-0.05, 0) is 71.3 Å². The zero-order valence-corrected chi connectivity index (χ0v) is 39.6. The molecule has 1 saturated carbocycles. The van der Waals surface area contributed by atoms with Crippen LogP contribution in [0.3, 0.4) is 0 Å². The molecule has 66 heavy (non-hydrogen) atoms. The smallest absolute Gasteiger partial charge is 0.251 e. The lowest BCUT2D eigenvalue weighted by molar-refractivity contribution is -0.164. The van der Waals surface area contributed by atoms with Crippen LogP contribution in [0.1, 0.15) is 89.2 Å². The molecule has 1 saturated heterocycles. The van der Waals surface area contributed by atoms with Gasteiger partial charge in [0.15, 0.2) is 0 Å². The summed E-state index contributed by atoms with van der Waals surface area (Å²) in [6, 6.07) is 29.9. The molecule has 4 amide bonds. The molecular weight excluding hydrogens is 858 g/mol. The number of aliphatic hydroxyl groups excluding tert-OH is 1. The monoisotopic (exact) mass is 919 g/mol. The van der Waals surface area contributed by atoms with E-state index in [-0.39, 0.29) is 50.1 Å². The summed E-state index contributed by atoms with van der Waals surface area (Å²) in [5.74, 6) is -0.295. The number of hydrogen-bond acceptors (Lipinski definition) is 9.